The lowest BCUT2D eigenvalue weighted by Crippen LogP contribution is -2.42. The Kier molecular flexibility index (Phi) is 3.38. The van der Waals surface area contributed by atoms with E-state index in [1.165, 1.54) is 10.9 Å². The Balaban J connectivity index is 1.89. The van der Waals surface area contributed by atoms with Crippen LogP contribution in [0, 0.1) is 12.3 Å². The van der Waals surface area contributed by atoms with Crippen LogP contribution in [0.15, 0.2) is 30.3 Å². The van der Waals surface area contributed by atoms with E-state index in [1.807, 2.05) is 0 Å². The first-order valence-corrected chi connectivity index (χ1v) is 7.43. The zero-order valence-corrected chi connectivity index (χ0v) is 12.4. The summed E-state index contributed by atoms with van der Waals surface area (Å²) in [5, 5.41) is 1.22. The van der Waals surface area contributed by atoms with Gasteiger partial charge in [0.05, 0.1) is 5.52 Å². The molecule has 0 radical (unpaired) electrons. The van der Waals surface area contributed by atoms with Gasteiger partial charge < -0.3 is 10.6 Å². The van der Waals surface area contributed by atoms with Gasteiger partial charge >= 0.3 is 0 Å². The van der Waals surface area contributed by atoms with Gasteiger partial charge in [0, 0.05) is 18.5 Å². The van der Waals surface area contributed by atoms with Crippen molar-refractivity contribution in [3.8, 4) is 0 Å². The van der Waals surface area contributed by atoms with E-state index in [2.05, 4.69) is 49.1 Å². The average Bonchev–Trinajstić information content (AvgIpc) is 2.48. The number of nitrogens with zero attached hydrogens (tertiary/aromatic N) is 2. The summed E-state index contributed by atoms with van der Waals surface area (Å²) in [5.74, 6) is 1.14. The van der Waals surface area contributed by atoms with Gasteiger partial charge in [-0.15, -0.1) is 0 Å². The van der Waals surface area contributed by atoms with Crippen LogP contribution in [0.2, 0.25) is 0 Å². The minimum absolute atomic E-state index is 0.307. The highest BCUT2D eigenvalue weighted by atomic mass is 15.2. The van der Waals surface area contributed by atoms with Crippen LogP contribution < -0.4 is 10.6 Å². The summed E-state index contributed by atoms with van der Waals surface area (Å²) in [5.41, 5.74) is 8.55. The molecule has 3 heteroatoms. The van der Waals surface area contributed by atoms with Crippen molar-refractivity contribution < 1.29 is 0 Å². The second kappa shape index (κ2) is 5.06. The zero-order valence-electron chi connectivity index (χ0n) is 12.4. The topological polar surface area (TPSA) is 42.2 Å². The van der Waals surface area contributed by atoms with Gasteiger partial charge in [0.1, 0.15) is 5.82 Å². The van der Waals surface area contributed by atoms with Crippen LogP contribution >= 0.6 is 0 Å². The van der Waals surface area contributed by atoms with E-state index in [1.54, 1.807) is 0 Å². The maximum Gasteiger partial charge on any atom is 0.132 e. The van der Waals surface area contributed by atoms with E-state index in [4.69, 9.17) is 10.7 Å². The highest BCUT2D eigenvalue weighted by Gasteiger charge is 2.29. The lowest BCUT2D eigenvalue weighted by molar-refractivity contribution is 0.258. The van der Waals surface area contributed by atoms with E-state index in [9.17, 15) is 0 Å². The van der Waals surface area contributed by atoms with Gasteiger partial charge in [-0.05, 0) is 49.4 Å². The van der Waals surface area contributed by atoms with Crippen LogP contribution in [0.3, 0.4) is 0 Å². The minimum atomic E-state index is 0.307. The molecule has 20 heavy (non-hydrogen) atoms. The summed E-state index contributed by atoms with van der Waals surface area (Å²) in [6.07, 6.45) is 2.30. The van der Waals surface area contributed by atoms with Gasteiger partial charge in [0.2, 0.25) is 0 Å². The van der Waals surface area contributed by atoms with Crippen molar-refractivity contribution >= 4 is 16.7 Å². The number of rotatable bonds is 2. The van der Waals surface area contributed by atoms with Gasteiger partial charge in [-0.2, -0.15) is 0 Å². The van der Waals surface area contributed by atoms with Gasteiger partial charge in [-0.1, -0.05) is 25.1 Å². The van der Waals surface area contributed by atoms with Crippen molar-refractivity contribution in [3.05, 3.63) is 35.9 Å². The highest BCUT2D eigenvalue weighted by molar-refractivity contribution is 5.81. The number of aryl methyl sites for hydroxylation is 1. The minimum Gasteiger partial charge on any atom is -0.356 e. The molecule has 106 valence electrons. The van der Waals surface area contributed by atoms with Crippen molar-refractivity contribution in [3.63, 3.8) is 0 Å². The molecule has 0 spiro atoms. The molecule has 1 fully saturated rings. The SMILES string of the molecule is Cc1cc2ccccc2nc1N1CCC(C)(CN)CC1. The molecule has 0 atom stereocenters. The molecule has 1 aromatic carbocycles. The number of anilines is 1. The molecular weight excluding hydrogens is 246 g/mol. The zero-order chi connectivity index (χ0) is 14.2. The molecule has 1 aliphatic rings. The summed E-state index contributed by atoms with van der Waals surface area (Å²) >= 11 is 0. The molecule has 1 aromatic heterocycles. The van der Waals surface area contributed by atoms with Gasteiger partial charge in [0.25, 0.3) is 0 Å². The Morgan fingerprint density at radius 2 is 1.95 bits per heavy atom. The molecule has 2 aromatic rings. The molecule has 0 bridgehead atoms. The number of benzene rings is 1. The fourth-order valence-electron chi connectivity index (χ4n) is 2.99. The van der Waals surface area contributed by atoms with Crippen LogP contribution in [-0.4, -0.2) is 24.6 Å². The number of hydrogen-bond acceptors (Lipinski definition) is 3. The number of pyridine rings is 1. The largest absolute Gasteiger partial charge is 0.356 e. The third-order valence-electron chi connectivity index (χ3n) is 4.65. The quantitative estimate of drug-likeness (QED) is 0.911. The number of fused-ring (bicyclic) bond motifs is 1. The smallest absolute Gasteiger partial charge is 0.132 e. The summed E-state index contributed by atoms with van der Waals surface area (Å²) in [4.78, 5) is 7.28. The molecule has 1 saturated heterocycles. The van der Waals surface area contributed by atoms with E-state index < -0.39 is 0 Å². The fraction of sp³-hybridized carbons (Fsp3) is 0.471. The van der Waals surface area contributed by atoms with Crippen molar-refractivity contribution in [2.24, 2.45) is 11.1 Å². The third kappa shape index (κ3) is 2.38. The maximum absolute atomic E-state index is 5.89. The molecule has 2 N–H and O–H groups in total. The van der Waals surface area contributed by atoms with Crippen LogP contribution in [0.5, 0.6) is 0 Å². The number of aromatic nitrogens is 1. The van der Waals surface area contributed by atoms with Crippen LogP contribution in [0.4, 0.5) is 5.82 Å². The summed E-state index contributed by atoms with van der Waals surface area (Å²) in [7, 11) is 0. The van der Waals surface area contributed by atoms with Crippen LogP contribution in [0.25, 0.3) is 10.9 Å². The third-order valence-corrected chi connectivity index (χ3v) is 4.65. The van der Waals surface area contributed by atoms with Crippen molar-refractivity contribution in [2.45, 2.75) is 26.7 Å². The number of hydrogen-bond donors (Lipinski definition) is 1. The van der Waals surface area contributed by atoms with Gasteiger partial charge in [-0.3, -0.25) is 0 Å². The predicted octanol–water partition coefficient (Wildman–Crippen LogP) is 3.11. The van der Waals surface area contributed by atoms with Crippen LogP contribution in [-0.2, 0) is 0 Å². The van der Waals surface area contributed by atoms with E-state index in [0.717, 1.165) is 43.8 Å². The van der Waals surface area contributed by atoms with Gasteiger partial charge in [-0.25, -0.2) is 4.98 Å². The van der Waals surface area contributed by atoms with Crippen molar-refractivity contribution in [2.75, 3.05) is 24.5 Å². The first-order valence-electron chi connectivity index (χ1n) is 7.43. The molecule has 1 aliphatic heterocycles. The summed E-state index contributed by atoms with van der Waals surface area (Å²) < 4.78 is 0. The second-order valence-electron chi connectivity index (χ2n) is 6.32. The Hall–Kier alpha value is -1.61. The monoisotopic (exact) mass is 269 g/mol. The summed E-state index contributed by atoms with van der Waals surface area (Å²) in [6.45, 7) is 7.35. The van der Waals surface area contributed by atoms with Crippen molar-refractivity contribution in [1.82, 2.24) is 4.98 Å². The Labute approximate surface area is 120 Å². The Bertz CT molecular complexity index is 613. The Morgan fingerprint density at radius 3 is 2.65 bits per heavy atom. The highest BCUT2D eigenvalue weighted by Crippen LogP contribution is 2.33. The summed E-state index contributed by atoms with van der Waals surface area (Å²) in [6, 6.07) is 10.6. The lowest BCUT2D eigenvalue weighted by Gasteiger charge is -2.39. The Morgan fingerprint density at radius 1 is 1.25 bits per heavy atom. The second-order valence-corrected chi connectivity index (χ2v) is 6.32. The van der Waals surface area contributed by atoms with Crippen molar-refractivity contribution in [1.29, 1.82) is 0 Å². The number of piperidine rings is 1. The molecule has 0 unspecified atom stereocenters. The molecule has 2 heterocycles. The maximum atomic E-state index is 5.89. The van der Waals surface area contributed by atoms with E-state index in [-0.39, 0.29) is 0 Å². The normalized spacial score (nSPS) is 18.4. The first-order chi connectivity index (χ1) is 9.61. The predicted molar refractivity (Wildman–Crippen MR) is 85.1 cm³/mol. The average molecular weight is 269 g/mol. The molecular formula is C17H23N3. The molecule has 3 nitrogen and oxygen atoms in total. The van der Waals surface area contributed by atoms with E-state index >= 15 is 0 Å². The number of para-hydroxylation sites is 1. The van der Waals surface area contributed by atoms with E-state index in [0.29, 0.717) is 5.41 Å². The molecule has 0 saturated carbocycles. The molecule has 3 rings (SSSR count). The number of nitrogens with two attached hydrogens (primary N) is 1. The lowest BCUT2D eigenvalue weighted by atomic mass is 9.80. The standard InChI is InChI=1S/C17H23N3/c1-13-11-14-5-3-4-6-15(14)19-16(13)20-9-7-17(2,12-18)8-10-20/h3-6,11H,7-10,12,18H2,1-2H3. The van der Waals surface area contributed by atoms with Crippen LogP contribution in [0.1, 0.15) is 25.3 Å². The van der Waals surface area contributed by atoms with Gasteiger partial charge in [0.15, 0.2) is 0 Å². The molecule has 0 aliphatic carbocycles. The first kappa shape index (κ1) is 13.4. The molecule has 0 amide bonds. The fourth-order valence-corrected chi connectivity index (χ4v) is 2.99.